The maximum Gasteiger partial charge on any atom is 0.255 e. The van der Waals surface area contributed by atoms with Gasteiger partial charge >= 0.3 is 0 Å². The van der Waals surface area contributed by atoms with E-state index in [0.717, 1.165) is 0 Å². The van der Waals surface area contributed by atoms with Gasteiger partial charge in [-0.15, -0.1) is 0 Å². The van der Waals surface area contributed by atoms with E-state index in [1.54, 1.807) is 55.2 Å². The highest BCUT2D eigenvalue weighted by atomic mass is 35.5. The van der Waals surface area contributed by atoms with Gasteiger partial charge in [-0.3, -0.25) is 4.79 Å². The number of amides is 1. The van der Waals surface area contributed by atoms with Gasteiger partial charge in [0.05, 0.1) is 18.5 Å². The molecule has 1 heterocycles. The molecule has 0 saturated carbocycles. The molecule has 10 heteroatoms. The number of methoxy groups -OCH3 is 1. The molecule has 0 radical (unpaired) electrons. The number of rotatable bonds is 8. The predicted molar refractivity (Wildman–Crippen MR) is 120 cm³/mol. The van der Waals surface area contributed by atoms with Crippen LogP contribution < -0.4 is 10.1 Å². The Kier molecular flexibility index (Phi) is 6.99. The first-order valence-corrected chi connectivity index (χ1v) is 11.4. The molecule has 0 aliphatic carbocycles. The second-order valence-corrected chi connectivity index (χ2v) is 8.86. The number of hydrogen-bond acceptors (Lipinski definition) is 5. The highest BCUT2D eigenvalue weighted by Crippen LogP contribution is 2.29. The van der Waals surface area contributed by atoms with Crippen LogP contribution in [0, 0.1) is 0 Å². The minimum atomic E-state index is -3.83. The number of carbonyl (C=O) groups is 1. The minimum Gasteiger partial charge on any atom is -0.495 e. The van der Waals surface area contributed by atoms with Crippen LogP contribution in [0.4, 0.5) is 5.69 Å². The Labute approximate surface area is 186 Å². The maximum atomic E-state index is 13.0. The van der Waals surface area contributed by atoms with Gasteiger partial charge in [-0.05, 0) is 42.5 Å². The number of anilines is 1. The van der Waals surface area contributed by atoms with Gasteiger partial charge in [0.2, 0.25) is 10.0 Å². The van der Waals surface area contributed by atoms with Crippen molar-refractivity contribution in [1.29, 1.82) is 0 Å². The molecule has 0 bridgehead atoms. The standard InChI is InChI=1S/C21H23ClN4O4S/c1-4-25(5-2)31(28,29)20-13-15(7-10-19(20)30-3)21(27)24-17-14-16(22)8-9-18(17)26-12-6-11-23-26/h6-14H,4-5H2,1-3H3,(H,24,27). The zero-order chi connectivity index (χ0) is 22.6. The molecule has 1 amide bonds. The second-order valence-electron chi connectivity index (χ2n) is 6.52. The summed E-state index contributed by atoms with van der Waals surface area (Å²) < 4.78 is 34.2. The molecule has 8 nitrogen and oxygen atoms in total. The van der Waals surface area contributed by atoms with Gasteiger partial charge in [0.1, 0.15) is 10.6 Å². The van der Waals surface area contributed by atoms with Crippen molar-refractivity contribution in [3.63, 3.8) is 0 Å². The minimum absolute atomic E-state index is 0.0651. The van der Waals surface area contributed by atoms with Crippen molar-refractivity contribution in [3.8, 4) is 11.4 Å². The van der Waals surface area contributed by atoms with Gasteiger partial charge in [0.15, 0.2) is 0 Å². The lowest BCUT2D eigenvalue weighted by molar-refractivity contribution is 0.102. The fraction of sp³-hybridized carbons (Fsp3) is 0.238. The zero-order valence-corrected chi connectivity index (χ0v) is 18.9. The largest absolute Gasteiger partial charge is 0.495 e. The summed E-state index contributed by atoms with van der Waals surface area (Å²) in [6.45, 7) is 4.10. The number of nitrogens with one attached hydrogen (secondary N) is 1. The summed E-state index contributed by atoms with van der Waals surface area (Å²) in [5, 5.41) is 7.42. The van der Waals surface area contributed by atoms with Crippen molar-refractivity contribution >= 4 is 33.2 Å². The number of sulfonamides is 1. The SMILES string of the molecule is CCN(CC)S(=O)(=O)c1cc(C(=O)Nc2cc(Cl)ccc2-n2cccn2)ccc1OC. The number of ether oxygens (including phenoxy) is 1. The van der Waals surface area contributed by atoms with Crippen LogP contribution in [0.5, 0.6) is 5.75 Å². The number of aromatic nitrogens is 2. The molecule has 0 unspecified atom stereocenters. The molecule has 0 aliphatic heterocycles. The fourth-order valence-electron chi connectivity index (χ4n) is 3.14. The summed E-state index contributed by atoms with van der Waals surface area (Å²) in [5.74, 6) is -0.322. The van der Waals surface area contributed by atoms with Crippen LogP contribution >= 0.6 is 11.6 Å². The summed E-state index contributed by atoms with van der Waals surface area (Å²) in [6.07, 6.45) is 3.36. The number of carbonyl (C=O) groups excluding carboxylic acids is 1. The smallest absolute Gasteiger partial charge is 0.255 e. The Balaban J connectivity index is 2.00. The fourth-order valence-corrected chi connectivity index (χ4v) is 4.95. The van der Waals surface area contributed by atoms with Crippen LogP contribution in [0.2, 0.25) is 5.02 Å². The van der Waals surface area contributed by atoms with Gasteiger partial charge < -0.3 is 10.1 Å². The van der Waals surface area contributed by atoms with Crippen LogP contribution in [0.15, 0.2) is 59.8 Å². The highest BCUT2D eigenvalue weighted by Gasteiger charge is 2.27. The van der Waals surface area contributed by atoms with Crippen molar-refractivity contribution in [1.82, 2.24) is 14.1 Å². The molecule has 0 fully saturated rings. The number of benzene rings is 2. The van der Waals surface area contributed by atoms with E-state index in [-0.39, 0.29) is 16.2 Å². The van der Waals surface area contributed by atoms with Crippen LogP contribution in [0.3, 0.4) is 0 Å². The third kappa shape index (κ3) is 4.73. The molecule has 0 saturated heterocycles. The average Bonchev–Trinajstić information content (AvgIpc) is 3.28. The van der Waals surface area contributed by atoms with E-state index in [4.69, 9.17) is 16.3 Å². The Bertz CT molecular complexity index is 1180. The summed E-state index contributed by atoms with van der Waals surface area (Å²) in [5.41, 5.74) is 1.22. The Morgan fingerprint density at radius 1 is 1.19 bits per heavy atom. The van der Waals surface area contributed by atoms with Crippen LogP contribution in [-0.2, 0) is 10.0 Å². The first-order valence-electron chi connectivity index (χ1n) is 9.60. The normalized spacial score (nSPS) is 11.5. The van der Waals surface area contributed by atoms with E-state index >= 15 is 0 Å². The van der Waals surface area contributed by atoms with Crippen LogP contribution in [0.1, 0.15) is 24.2 Å². The van der Waals surface area contributed by atoms with Crippen LogP contribution in [0.25, 0.3) is 5.69 Å². The molecule has 0 spiro atoms. The maximum absolute atomic E-state index is 13.0. The zero-order valence-electron chi connectivity index (χ0n) is 17.4. The van der Waals surface area contributed by atoms with E-state index in [9.17, 15) is 13.2 Å². The Morgan fingerprint density at radius 2 is 1.94 bits per heavy atom. The number of hydrogen-bond donors (Lipinski definition) is 1. The summed E-state index contributed by atoms with van der Waals surface area (Å²) in [7, 11) is -2.44. The molecular formula is C21H23ClN4O4S. The van der Waals surface area contributed by atoms with Gasteiger partial charge in [-0.1, -0.05) is 25.4 Å². The lowest BCUT2D eigenvalue weighted by Crippen LogP contribution is -2.31. The van der Waals surface area contributed by atoms with E-state index in [1.807, 2.05) is 0 Å². The van der Waals surface area contributed by atoms with E-state index in [0.29, 0.717) is 29.5 Å². The number of nitrogens with zero attached hydrogens (tertiary/aromatic N) is 3. The predicted octanol–water partition coefficient (Wildman–Crippen LogP) is 3.82. The first-order chi connectivity index (χ1) is 14.8. The highest BCUT2D eigenvalue weighted by molar-refractivity contribution is 7.89. The quantitative estimate of drug-likeness (QED) is 0.549. The molecule has 0 aliphatic rings. The molecule has 0 atom stereocenters. The van der Waals surface area contributed by atoms with Crippen molar-refractivity contribution in [2.45, 2.75) is 18.7 Å². The summed E-state index contributed by atoms with van der Waals surface area (Å²) in [4.78, 5) is 12.9. The molecule has 164 valence electrons. The monoisotopic (exact) mass is 462 g/mol. The van der Waals surface area contributed by atoms with Crippen molar-refractivity contribution in [2.24, 2.45) is 0 Å². The Morgan fingerprint density at radius 3 is 2.55 bits per heavy atom. The Hall–Kier alpha value is -2.88. The van der Waals surface area contributed by atoms with Gasteiger partial charge in [0.25, 0.3) is 5.91 Å². The molecule has 31 heavy (non-hydrogen) atoms. The molecule has 2 aromatic carbocycles. The van der Waals surface area contributed by atoms with Crippen molar-refractivity contribution < 1.29 is 17.9 Å². The molecule has 3 aromatic rings. The lowest BCUT2D eigenvalue weighted by atomic mass is 10.2. The van der Waals surface area contributed by atoms with E-state index in [2.05, 4.69) is 10.4 Å². The van der Waals surface area contributed by atoms with E-state index in [1.165, 1.54) is 29.6 Å². The summed E-state index contributed by atoms with van der Waals surface area (Å²) in [6, 6.07) is 11.1. The third-order valence-electron chi connectivity index (χ3n) is 4.71. The van der Waals surface area contributed by atoms with E-state index < -0.39 is 15.9 Å². The van der Waals surface area contributed by atoms with Crippen LogP contribution in [-0.4, -0.2) is 48.6 Å². The second kappa shape index (κ2) is 9.51. The molecule has 3 rings (SSSR count). The van der Waals surface area contributed by atoms with Gasteiger partial charge in [-0.2, -0.15) is 9.40 Å². The molecular weight excluding hydrogens is 440 g/mol. The summed E-state index contributed by atoms with van der Waals surface area (Å²) >= 11 is 6.12. The van der Waals surface area contributed by atoms with Crippen molar-refractivity contribution in [2.75, 3.05) is 25.5 Å². The van der Waals surface area contributed by atoms with Gasteiger partial charge in [-0.25, -0.2) is 13.1 Å². The van der Waals surface area contributed by atoms with Gasteiger partial charge in [0, 0.05) is 36.1 Å². The average molecular weight is 463 g/mol. The van der Waals surface area contributed by atoms with Crippen molar-refractivity contribution in [3.05, 3.63) is 65.4 Å². The molecule has 1 aromatic heterocycles. The lowest BCUT2D eigenvalue weighted by Gasteiger charge is -2.20. The number of halogens is 1. The first kappa shape index (κ1) is 22.8. The third-order valence-corrected chi connectivity index (χ3v) is 7.01. The molecule has 1 N–H and O–H groups in total. The topological polar surface area (TPSA) is 93.5 Å².